The Morgan fingerprint density at radius 1 is 1.33 bits per heavy atom. The standard InChI is InChI=1S/C15H30N2O/c1-13(12-17-8-4-5-9-17)10-16-11-14-6-7-15(2,3)18-14/h13-14,16H,4-12H2,1-3H3. The molecule has 2 fully saturated rings. The van der Waals surface area contributed by atoms with Gasteiger partial charge in [-0.3, -0.25) is 0 Å². The van der Waals surface area contributed by atoms with Gasteiger partial charge in [0.25, 0.3) is 0 Å². The first-order chi connectivity index (χ1) is 8.55. The topological polar surface area (TPSA) is 24.5 Å². The summed E-state index contributed by atoms with van der Waals surface area (Å²) in [7, 11) is 0. The van der Waals surface area contributed by atoms with Crippen molar-refractivity contribution in [2.75, 3.05) is 32.7 Å². The van der Waals surface area contributed by atoms with Crippen LogP contribution in [0.4, 0.5) is 0 Å². The van der Waals surface area contributed by atoms with Crippen LogP contribution in [-0.2, 0) is 4.74 Å². The fraction of sp³-hybridized carbons (Fsp3) is 1.00. The van der Waals surface area contributed by atoms with E-state index in [-0.39, 0.29) is 5.60 Å². The van der Waals surface area contributed by atoms with Crippen molar-refractivity contribution in [3.05, 3.63) is 0 Å². The van der Waals surface area contributed by atoms with E-state index in [0.29, 0.717) is 6.10 Å². The molecule has 2 aliphatic rings. The van der Waals surface area contributed by atoms with Crippen molar-refractivity contribution in [1.82, 2.24) is 10.2 Å². The van der Waals surface area contributed by atoms with Gasteiger partial charge in [-0.1, -0.05) is 6.92 Å². The fourth-order valence-corrected chi connectivity index (χ4v) is 3.18. The Bertz CT molecular complexity index is 249. The number of nitrogens with zero attached hydrogens (tertiary/aromatic N) is 1. The van der Waals surface area contributed by atoms with Crippen LogP contribution in [0.1, 0.15) is 46.5 Å². The number of hydrogen-bond donors (Lipinski definition) is 1. The average molecular weight is 254 g/mol. The Balaban J connectivity index is 1.55. The Morgan fingerprint density at radius 3 is 2.67 bits per heavy atom. The summed E-state index contributed by atoms with van der Waals surface area (Å²) in [5.41, 5.74) is 0.105. The molecule has 2 atom stereocenters. The molecule has 0 aromatic rings. The molecule has 2 unspecified atom stereocenters. The zero-order valence-corrected chi connectivity index (χ0v) is 12.4. The quantitative estimate of drug-likeness (QED) is 0.787. The molecule has 0 bridgehead atoms. The van der Waals surface area contributed by atoms with Crippen LogP contribution in [0.3, 0.4) is 0 Å². The molecule has 18 heavy (non-hydrogen) atoms. The number of hydrogen-bond acceptors (Lipinski definition) is 3. The number of ether oxygens (including phenoxy) is 1. The highest BCUT2D eigenvalue weighted by Gasteiger charge is 2.31. The highest BCUT2D eigenvalue weighted by atomic mass is 16.5. The van der Waals surface area contributed by atoms with E-state index in [4.69, 9.17) is 4.74 Å². The van der Waals surface area contributed by atoms with Gasteiger partial charge in [-0.15, -0.1) is 0 Å². The van der Waals surface area contributed by atoms with Crippen LogP contribution in [-0.4, -0.2) is 49.3 Å². The summed E-state index contributed by atoms with van der Waals surface area (Å²) in [6, 6.07) is 0. The third-order valence-corrected chi connectivity index (χ3v) is 4.19. The Morgan fingerprint density at radius 2 is 2.06 bits per heavy atom. The van der Waals surface area contributed by atoms with Crippen LogP contribution >= 0.6 is 0 Å². The highest BCUT2D eigenvalue weighted by Crippen LogP contribution is 2.28. The van der Waals surface area contributed by atoms with Crippen molar-refractivity contribution in [3.8, 4) is 0 Å². The third-order valence-electron chi connectivity index (χ3n) is 4.19. The van der Waals surface area contributed by atoms with Crippen LogP contribution in [0.15, 0.2) is 0 Å². The third kappa shape index (κ3) is 4.52. The minimum Gasteiger partial charge on any atom is -0.371 e. The van der Waals surface area contributed by atoms with Gasteiger partial charge in [0.1, 0.15) is 0 Å². The van der Waals surface area contributed by atoms with Crippen molar-refractivity contribution < 1.29 is 4.74 Å². The average Bonchev–Trinajstić information content (AvgIpc) is 2.88. The minimum absolute atomic E-state index is 0.105. The SMILES string of the molecule is CC(CNCC1CCC(C)(C)O1)CN1CCCC1. The monoisotopic (exact) mass is 254 g/mol. The molecule has 3 heteroatoms. The second-order valence-electron chi connectivity index (χ2n) is 6.81. The summed E-state index contributed by atoms with van der Waals surface area (Å²) >= 11 is 0. The van der Waals surface area contributed by atoms with Crippen LogP contribution in [0.2, 0.25) is 0 Å². The lowest BCUT2D eigenvalue weighted by atomic mass is 10.1. The van der Waals surface area contributed by atoms with E-state index in [1.54, 1.807) is 0 Å². The van der Waals surface area contributed by atoms with Crippen molar-refractivity contribution in [2.45, 2.75) is 58.2 Å². The maximum Gasteiger partial charge on any atom is 0.0707 e. The fourth-order valence-electron chi connectivity index (χ4n) is 3.18. The maximum atomic E-state index is 5.99. The summed E-state index contributed by atoms with van der Waals surface area (Å²) in [5.74, 6) is 0.748. The van der Waals surface area contributed by atoms with Crippen LogP contribution < -0.4 is 5.32 Å². The van der Waals surface area contributed by atoms with Crippen LogP contribution in [0, 0.1) is 5.92 Å². The normalized spacial score (nSPS) is 29.8. The predicted octanol–water partition coefficient (Wildman–Crippen LogP) is 2.27. The molecule has 2 saturated heterocycles. The summed E-state index contributed by atoms with van der Waals surface area (Å²) < 4.78 is 5.99. The molecule has 0 aliphatic carbocycles. The van der Waals surface area contributed by atoms with Gasteiger partial charge in [0.05, 0.1) is 11.7 Å². The number of rotatable bonds is 6. The van der Waals surface area contributed by atoms with Gasteiger partial charge in [0.15, 0.2) is 0 Å². The van der Waals surface area contributed by atoms with Gasteiger partial charge in [-0.25, -0.2) is 0 Å². The van der Waals surface area contributed by atoms with Crippen LogP contribution in [0.25, 0.3) is 0 Å². The van der Waals surface area contributed by atoms with E-state index in [1.165, 1.54) is 45.3 Å². The lowest BCUT2D eigenvalue weighted by Crippen LogP contribution is -2.35. The van der Waals surface area contributed by atoms with E-state index < -0.39 is 0 Å². The maximum absolute atomic E-state index is 5.99. The number of likely N-dealkylation sites (tertiary alicyclic amines) is 1. The van der Waals surface area contributed by atoms with Gasteiger partial charge in [0.2, 0.25) is 0 Å². The first kappa shape index (κ1) is 14.3. The van der Waals surface area contributed by atoms with Crippen LogP contribution in [0.5, 0.6) is 0 Å². The number of nitrogens with one attached hydrogen (secondary N) is 1. The van der Waals surface area contributed by atoms with E-state index in [9.17, 15) is 0 Å². The van der Waals surface area contributed by atoms with Crippen molar-refractivity contribution >= 4 is 0 Å². The van der Waals surface area contributed by atoms with Gasteiger partial charge in [-0.2, -0.15) is 0 Å². The summed E-state index contributed by atoms with van der Waals surface area (Å²) in [6.07, 6.45) is 5.62. The molecule has 0 radical (unpaired) electrons. The Hall–Kier alpha value is -0.120. The molecule has 2 aliphatic heterocycles. The molecule has 0 aromatic heterocycles. The molecule has 0 amide bonds. The second kappa shape index (κ2) is 6.36. The summed E-state index contributed by atoms with van der Waals surface area (Å²) in [6.45, 7) is 12.8. The second-order valence-corrected chi connectivity index (χ2v) is 6.81. The Labute approximate surface area is 112 Å². The zero-order valence-electron chi connectivity index (χ0n) is 12.4. The molecule has 2 rings (SSSR count). The minimum atomic E-state index is 0.105. The van der Waals surface area contributed by atoms with E-state index in [1.807, 2.05) is 0 Å². The molecule has 0 aromatic carbocycles. The molecule has 0 saturated carbocycles. The summed E-state index contributed by atoms with van der Waals surface area (Å²) in [4.78, 5) is 2.60. The van der Waals surface area contributed by atoms with Crippen molar-refractivity contribution in [2.24, 2.45) is 5.92 Å². The zero-order chi connectivity index (χ0) is 13.0. The molecule has 2 heterocycles. The van der Waals surface area contributed by atoms with Crippen molar-refractivity contribution in [3.63, 3.8) is 0 Å². The first-order valence-corrected chi connectivity index (χ1v) is 7.66. The van der Waals surface area contributed by atoms with Gasteiger partial charge in [0, 0.05) is 13.1 Å². The highest BCUT2D eigenvalue weighted by molar-refractivity contribution is 4.82. The molecule has 106 valence electrons. The lowest BCUT2D eigenvalue weighted by molar-refractivity contribution is -0.0144. The predicted molar refractivity (Wildman–Crippen MR) is 75.9 cm³/mol. The van der Waals surface area contributed by atoms with E-state index in [0.717, 1.165) is 19.0 Å². The smallest absolute Gasteiger partial charge is 0.0707 e. The molecular formula is C15H30N2O. The largest absolute Gasteiger partial charge is 0.371 e. The van der Waals surface area contributed by atoms with Gasteiger partial charge >= 0.3 is 0 Å². The van der Waals surface area contributed by atoms with Gasteiger partial charge < -0.3 is 15.0 Å². The van der Waals surface area contributed by atoms with E-state index in [2.05, 4.69) is 31.0 Å². The van der Waals surface area contributed by atoms with Gasteiger partial charge in [-0.05, 0) is 65.1 Å². The molecular weight excluding hydrogens is 224 g/mol. The molecule has 1 N–H and O–H groups in total. The first-order valence-electron chi connectivity index (χ1n) is 7.66. The Kier molecular flexibility index (Phi) is 5.05. The van der Waals surface area contributed by atoms with Crippen molar-refractivity contribution in [1.29, 1.82) is 0 Å². The molecule has 0 spiro atoms. The lowest BCUT2D eigenvalue weighted by Gasteiger charge is -2.22. The van der Waals surface area contributed by atoms with E-state index >= 15 is 0 Å². The molecule has 3 nitrogen and oxygen atoms in total. The summed E-state index contributed by atoms with van der Waals surface area (Å²) in [5, 5.41) is 3.59.